The van der Waals surface area contributed by atoms with Crippen LogP contribution in [-0.4, -0.2) is 23.3 Å². The van der Waals surface area contributed by atoms with E-state index in [1.165, 1.54) is 11.3 Å². The Balaban J connectivity index is 1.68. The second-order valence-corrected chi connectivity index (χ2v) is 6.66. The fraction of sp³-hybridized carbons (Fsp3) is 0.667. The summed E-state index contributed by atoms with van der Waals surface area (Å²) in [4.78, 5) is 28.0. The van der Waals surface area contributed by atoms with Gasteiger partial charge in [0.15, 0.2) is 5.13 Å². The first kappa shape index (κ1) is 15.9. The lowest BCUT2D eigenvalue weighted by Gasteiger charge is -2.09. The first-order valence-corrected chi connectivity index (χ1v) is 8.47. The van der Waals surface area contributed by atoms with Crippen molar-refractivity contribution >= 4 is 28.3 Å². The van der Waals surface area contributed by atoms with Crippen molar-refractivity contribution < 1.29 is 9.59 Å². The third kappa shape index (κ3) is 4.81. The van der Waals surface area contributed by atoms with Crippen molar-refractivity contribution in [2.75, 3.05) is 11.9 Å². The molecule has 0 atom stereocenters. The van der Waals surface area contributed by atoms with Gasteiger partial charge in [0.2, 0.25) is 11.8 Å². The second-order valence-electron chi connectivity index (χ2n) is 5.80. The lowest BCUT2D eigenvalue weighted by atomic mass is 10.1. The third-order valence-corrected chi connectivity index (χ3v) is 4.51. The summed E-state index contributed by atoms with van der Waals surface area (Å²) in [5.74, 6) is 0.501. The number of hydrogen-bond donors (Lipinski definition) is 2. The van der Waals surface area contributed by atoms with E-state index in [1.807, 2.05) is 5.38 Å². The van der Waals surface area contributed by atoms with Crippen LogP contribution < -0.4 is 10.6 Å². The van der Waals surface area contributed by atoms with Crippen LogP contribution in [0.25, 0.3) is 0 Å². The topological polar surface area (TPSA) is 71.1 Å². The number of rotatable bonds is 6. The Labute approximate surface area is 129 Å². The Kier molecular flexibility index (Phi) is 5.73. The Morgan fingerprint density at radius 2 is 2.10 bits per heavy atom. The zero-order valence-electron chi connectivity index (χ0n) is 12.6. The molecule has 116 valence electrons. The SMILES string of the molecule is CC(C)c1csc(NC(=O)CCNC(=O)C2CCCC2)n1. The maximum Gasteiger partial charge on any atom is 0.227 e. The molecule has 1 aliphatic rings. The lowest BCUT2D eigenvalue weighted by Crippen LogP contribution is -2.32. The highest BCUT2D eigenvalue weighted by Gasteiger charge is 2.22. The molecule has 6 heteroatoms. The van der Waals surface area contributed by atoms with Crippen molar-refractivity contribution in [3.05, 3.63) is 11.1 Å². The number of amides is 2. The standard InChI is InChI=1S/C15H23N3O2S/c1-10(2)12-9-21-15(17-12)18-13(19)7-8-16-14(20)11-5-3-4-6-11/h9-11H,3-8H2,1-2H3,(H,16,20)(H,17,18,19). The highest BCUT2D eigenvalue weighted by molar-refractivity contribution is 7.13. The molecule has 1 aromatic rings. The minimum Gasteiger partial charge on any atom is -0.355 e. The Hall–Kier alpha value is -1.43. The molecular weight excluding hydrogens is 286 g/mol. The molecule has 2 rings (SSSR count). The Morgan fingerprint density at radius 1 is 1.38 bits per heavy atom. The van der Waals surface area contributed by atoms with Crippen LogP contribution in [0, 0.1) is 5.92 Å². The summed E-state index contributed by atoms with van der Waals surface area (Å²) in [6.07, 6.45) is 4.53. The number of aromatic nitrogens is 1. The molecular formula is C15H23N3O2S. The van der Waals surface area contributed by atoms with Gasteiger partial charge in [-0.15, -0.1) is 11.3 Å². The van der Waals surface area contributed by atoms with Crippen molar-refractivity contribution in [3.8, 4) is 0 Å². The highest BCUT2D eigenvalue weighted by Crippen LogP contribution is 2.24. The predicted molar refractivity (Wildman–Crippen MR) is 84.4 cm³/mol. The summed E-state index contributed by atoms with van der Waals surface area (Å²) in [6.45, 7) is 4.53. The fourth-order valence-electron chi connectivity index (χ4n) is 2.42. The molecule has 0 saturated heterocycles. The van der Waals surface area contributed by atoms with Gasteiger partial charge in [0.25, 0.3) is 0 Å². The van der Waals surface area contributed by atoms with Crippen molar-refractivity contribution in [2.45, 2.75) is 51.9 Å². The number of anilines is 1. The zero-order valence-corrected chi connectivity index (χ0v) is 13.5. The van der Waals surface area contributed by atoms with Gasteiger partial charge in [-0.3, -0.25) is 9.59 Å². The van der Waals surface area contributed by atoms with Gasteiger partial charge in [-0.25, -0.2) is 4.98 Å². The van der Waals surface area contributed by atoms with E-state index >= 15 is 0 Å². The van der Waals surface area contributed by atoms with Gasteiger partial charge >= 0.3 is 0 Å². The quantitative estimate of drug-likeness (QED) is 0.849. The molecule has 1 fully saturated rings. The van der Waals surface area contributed by atoms with E-state index in [0.29, 0.717) is 17.6 Å². The van der Waals surface area contributed by atoms with E-state index in [-0.39, 0.29) is 24.2 Å². The maximum absolute atomic E-state index is 11.8. The molecule has 0 aliphatic heterocycles. The van der Waals surface area contributed by atoms with Crippen molar-refractivity contribution in [1.29, 1.82) is 0 Å². The molecule has 1 saturated carbocycles. The predicted octanol–water partition coefficient (Wildman–Crippen LogP) is 2.90. The number of carbonyl (C=O) groups is 2. The first-order chi connectivity index (χ1) is 10.1. The van der Waals surface area contributed by atoms with Crippen LogP contribution in [0.5, 0.6) is 0 Å². The number of nitrogens with zero attached hydrogens (tertiary/aromatic N) is 1. The van der Waals surface area contributed by atoms with Gasteiger partial charge in [0.05, 0.1) is 5.69 Å². The van der Waals surface area contributed by atoms with Crippen molar-refractivity contribution in [3.63, 3.8) is 0 Å². The van der Waals surface area contributed by atoms with E-state index in [2.05, 4.69) is 29.5 Å². The van der Waals surface area contributed by atoms with Crippen LogP contribution >= 0.6 is 11.3 Å². The molecule has 1 aromatic heterocycles. The summed E-state index contributed by atoms with van der Waals surface area (Å²) in [7, 11) is 0. The van der Waals surface area contributed by atoms with E-state index < -0.39 is 0 Å². The largest absolute Gasteiger partial charge is 0.355 e. The van der Waals surface area contributed by atoms with Crippen LogP contribution in [-0.2, 0) is 9.59 Å². The molecule has 2 N–H and O–H groups in total. The van der Waals surface area contributed by atoms with Gasteiger partial charge in [-0.1, -0.05) is 26.7 Å². The molecule has 1 aliphatic carbocycles. The van der Waals surface area contributed by atoms with E-state index in [9.17, 15) is 9.59 Å². The maximum atomic E-state index is 11.8. The molecule has 0 unspecified atom stereocenters. The third-order valence-electron chi connectivity index (χ3n) is 3.74. The van der Waals surface area contributed by atoms with E-state index in [1.54, 1.807) is 0 Å². The molecule has 0 radical (unpaired) electrons. The monoisotopic (exact) mass is 309 g/mol. The number of nitrogens with one attached hydrogen (secondary N) is 2. The smallest absolute Gasteiger partial charge is 0.227 e. The highest BCUT2D eigenvalue weighted by atomic mass is 32.1. The Morgan fingerprint density at radius 3 is 2.71 bits per heavy atom. The molecule has 21 heavy (non-hydrogen) atoms. The summed E-state index contributed by atoms with van der Waals surface area (Å²) in [6, 6.07) is 0. The van der Waals surface area contributed by atoms with Crippen LogP contribution in [0.15, 0.2) is 5.38 Å². The molecule has 1 heterocycles. The van der Waals surface area contributed by atoms with Crippen molar-refractivity contribution in [1.82, 2.24) is 10.3 Å². The van der Waals surface area contributed by atoms with Gasteiger partial charge in [-0.05, 0) is 18.8 Å². The average molecular weight is 309 g/mol. The fourth-order valence-corrected chi connectivity index (χ4v) is 3.31. The number of carbonyl (C=O) groups excluding carboxylic acids is 2. The van der Waals surface area contributed by atoms with Crippen LogP contribution in [0.2, 0.25) is 0 Å². The molecule has 2 amide bonds. The summed E-state index contributed by atoms with van der Waals surface area (Å²) in [5, 5.41) is 8.22. The normalized spacial score (nSPS) is 15.4. The van der Waals surface area contributed by atoms with Crippen LogP contribution in [0.1, 0.15) is 57.6 Å². The van der Waals surface area contributed by atoms with Gasteiger partial charge in [0.1, 0.15) is 0 Å². The van der Waals surface area contributed by atoms with Gasteiger partial charge < -0.3 is 10.6 Å². The van der Waals surface area contributed by atoms with E-state index in [0.717, 1.165) is 31.4 Å². The second kappa shape index (κ2) is 7.54. The number of hydrogen-bond acceptors (Lipinski definition) is 4. The molecule has 0 aromatic carbocycles. The zero-order chi connectivity index (χ0) is 15.2. The minimum atomic E-state index is -0.105. The summed E-state index contributed by atoms with van der Waals surface area (Å²) < 4.78 is 0. The molecule has 0 bridgehead atoms. The Bertz CT molecular complexity index is 493. The van der Waals surface area contributed by atoms with Gasteiger partial charge in [-0.2, -0.15) is 0 Å². The average Bonchev–Trinajstić information content (AvgIpc) is 3.09. The van der Waals surface area contributed by atoms with Crippen LogP contribution in [0.3, 0.4) is 0 Å². The number of thiazole rings is 1. The van der Waals surface area contributed by atoms with Crippen LogP contribution in [0.4, 0.5) is 5.13 Å². The lowest BCUT2D eigenvalue weighted by molar-refractivity contribution is -0.124. The minimum absolute atomic E-state index is 0.0941. The molecule has 5 nitrogen and oxygen atoms in total. The first-order valence-electron chi connectivity index (χ1n) is 7.59. The summed E-state index contributed by atoms with van der Waals surface area (Å²) in [5.41, 5.74) is 0.991. The summed E-state index contributed by atoms with van der Waals surface area (Å²) >= 11 is 1.44. The van der Waals surface area contributed by atoms with Crippen molar-refractivity contribution in [2.24, 2.45) is 5.92 Å². The molecule has 0 spiro atoms. The van der Waals surface area contributed by atoms with E-state index in [4.69, 9.17) is 0 Å². The van der Waals surface area contributed by atoms with Gasteiger partial charge in [0, 0.05) is 24.3 Å².